The predicted octanol–water partition coefficient (Wildman–Crippen LogP) is 0.0416. The molecule has 0 aliphatic carbocycles. The molecule has 1 amide bonds. The van der Waals surface area contributed by atoms with Crippen LogP contribution in [0.25, 0.3) is 0 Å². The van der Waals surface area contributed by atoms with Gasteiger partial charge in [0.1, 0.15) is 11.3 Å². The minimum absolute atomic E-state index is 0.0349. The third-order valence-corrected chi connectivity index (χ3v) is 4.10. The zero-order valence-corrected chi connectivity index (χ0v) is 11.6. The molecule has 1 aromatic rings. The van der Waals surface area contributed by atoms with E-state index in [2.05, 4.69) is 4.90 Å². The van der Waals surface area contributed by atoms with Crippen molar-refractivity contribution < 1.29 is 13.9 Å². The van der Waals surface area contributed by atoms with Gasteiger partial charge in [0.05, 0.1) is 19.4 Å². The molecule has 2 aliphatic heterocycles. The van der Waals surface area contributed by atoms with E-state index >= 15 is 0 Å². The average Bonchev–Trinajstić information content (AvgIpc) is 3.11. The summed E-state index contributed by atoms with van der Waals surface area (Å²) in [4.78, 5) is 16.6. The van der Waals surface area contributed by atoms with Gasteiger partial charge in [-0.15, -0.1) is 0 Å². The summed E-state index contributed by atoms with van der Waals surface area (Å²) < 4.78 is 10.6. The van der Waals surface area contributed by atoms with Crippen LogP contribution in [0.4, 0.5) is 0 Å². The number of rotatable bonds is 3. The normalized spacial score (nSPS) is 27.9. The van der Waals surface area contributed by atoms with E-state index in [1.807, 2.05) is 17.0 Å². The van der Waals surface area contributed by atoms with Crippen LogP contribution in [0, 0.1) is 0 Å². The first-order valence-electron chi connectivity index (χ1n) is 7.08. The SMILES string of the molecule is NC1(C(=O)N2CCN(Cc3ccco3)CC2)CCOC1. The summed E-state index contributed by atoms with van der Waals surface area (Å²) in [7, 11) is 0. The highest BCUT2D eigenvalue weighted by Gasteiger charge is 2.41. The van der Waals surface area contributed by atoms with Crippen molar-refractivity contribution in [2.45, 2.75) is 18.5 Å². The van der Waals surface area contributed by atoms with E-state index in [4.69, 9.17) is 14.9 Å². The van der Waals surface area contributed by atoms with Crippen molar-refractivity contribution in [3.63, 3.8) is 0 Å². The molecule has 1 unspecified atom stereocenters. The van der Waals surface area contributed by atoms with Gasteiger partial charge >= 0.3 is 0 Å². The Kier molecular flexibility index (Phi) is 3.78. The highest BCUT2D eigenvalue weighted by Crippen LogP contribution is 2.20. The van der Waals surface area contributed by atoms with E-state index in [0.717, 1.165) is 38.5 Å². The van der Waals surface area contributed by atoms with Crippen LogP contribution >= 0.6 is 0 Å². The number of nitrogens with two attached hydrogens (primary N) is 1. The van der Waals surface area contributed by atoms with Gasteiger partial charge in [-0.1, -0.05) is 0 Å². The van der Waals surface area contributed by atoms with Gasteiger partial charge in [-0.2, -0.15) is 0 Å². The minimum atomic E-state index is -0.802. The molecule has 2 aliphatic rings. The second-order valence-electron chi connectivity index (χ2n) is 5.61. The van der Waals surface area contributed by atoms with Crippen LogP contribution in [0.5, 0.6) is 0 Å². The van der Waals surface area contributed by atoms with E-state index in [0.29, 0.717) is 19.6 Å². The molecule has 0 bridgehead atoms. The molecule has 3 rings (SSSR count). The van der Waals surface area contributed by atoms with Crippen molar-refractivity contribution in [1.29, 1.82) is 0 Å². The second kappa shape index (κ2) is 5.55. The Bertz CT molecular complexity index is 446. The van der Waals surface area contributed by atoms with E-state index in [1.54, 1.807) is 6.26 Å². The van der Waals surface area contributed by atoms with Gasteiger partial charge in [-0.05, 0) is 18.6 Å². The van der Waals surface area contributed by atoms with Crippen molar-refractivity contribution in [2.24, 2.45) is 5.73 Å². The Morgan fingerprint density at radius 2 is 2.15 bits per heavy atom. The fraction of sp³-hybridized carbons (Fsp3) is 0.643. The molecule has 2 fully saturated rings. The Labute approximate surface area is 118 Å². The van der Waals surface area contributed by atoms with E-state index in [-0.39, 0.29) is 5.91 Å². The molecule has 110 valence electrons. The molecule has 6 heteroatoms. The summed E-state index contributed by atoms with van der Waals surface area (Å²) in [5.74, 6) is 0.997. The third kappa shape index (κ3) is 2.72. The minimum Gasteiger partial charge on any atom is -0.468 e. The molecule has 6 nitrogen and oxygen atoms in total. The predicted molar refractivity (Wildman–Crippen MR) is 72.9 cm³/mol. The van der Waals surface area contributed by atoms with Crippen LogP contribution in [-0.4, -0.2) is 60.6 Å². The molecular formula is C14H21N3O3. The molecule has 2 N–H and O–H groups in total. The smallest absolute Gasteiger partial charge is 0.245 e. The van der Waals surface area contributed by atoms with Crippen LogP contribution in [0.2, 0.25) is 0 Å². The van der Waals surface area contributed by atoms with Gasteiger partial charge < -0.3 is 19.8 Å². The maximum absolute atomic E-state index is 12.4. The van der Waals surface area contributed by atoms with Crippen molar-refractivity contribution in [2.75, 3.05) is 39.4 Å². The number of hydrogen-bond acceptors (Lipinski definition) is 5. The first-order valence-corrected chi connectivity index (χ1v) is 7.08. The fourth-order valence-corrected chi connectivity index (χ4v) is 2.80. The van der Waals surface area contributed by atoms with Crippen LogP contribution in [-0.2, 0) is 16.1 Å². The first kappa shape index (κ1) is 13.6. The standard InChI is InChI=1S/C14H21N3O3/c15-14(3-9-19-11-14)13(18)17-6-4-16(5-7-17)10-12-2-1-8-20-12/h1-2,8H,3-7,9-11,15H2. The van der Waals surface area contributed by atoms with Gasteiger partial charge in [0.15, 0.2) is 0 Å². The Morgan fingerprint density at radius 1 is 1.35 bits per heavy atom. The number of amides is 1. The lowest BCUT2D eigenvalue weighted by Crippen LogP contribution is -2.59. The molecule has 1 aromatic heterocycles. The second-order valence-corrected chi connectivity index (χ2v) is 5.61. The monoisotopic (exact) mass is 279 g/mol. The van der Waals surface area contributed by atoms with Gasteiger partial charge in [-0.25, -0.2) is 0 Å². The summed E-state index contributed by atoms with van der Waals surface area (Å²) in [5.41, 5.74) is 5.33. The summed E-state index contributed by atoms with van der Waals surface area (Å²) in [6.07, 6.45) is 2.31. The first-order chi connectivity index (χ1) is 9.67. The quantitative estimate of drug-likeness (QED) is 0.846. The number of ether oxygens (including phenoxy) is 1. The lowest BCUT2D eigenvalue weighted by Gasteiger charge is -2.37. The maximum Gasteiger partial charge on any atom is 0.245 e. The summed E-state index contributed by atoms with van der Waals surface area (Å²) >= 11 is 0. The van der Waals surface area contributed by atoms with Crippen molar-refractivity contribution in [3.05, 3.63) is 24.2 Å². The van der Waals surface area contributed by atoms with Crippen molar-refractivity contribution >= 4 is 5.91 Å². The van der Waals surface area contributed by atoms with Crippen LogP contribution in [0.3, 0.4) is 0 Å². The maximum atomic E-state index is 12.4. The topological polar surface area (TPSA) is 71.9 Å². The Balaban J connectivity index is 1.52. The average molecular weight is 279 g/mol. The summed E-state index contributed by atoms with van der Waals surface area (Å²) in [6, 6.07) is 3.87. The highest BCUT2D eigenvalue weighted by molar-refractivity contribution is 5.86. The largest absolute Gasteiger partial charge is 0.468 e. The molecule has 0 spiro atoms. The number of carbonyl (C=O) groups is 1. The molecular weight excluding hydrogens is 258 g/mol. The number of carbonyl (C=O) groups excluding carboxylic acids is 1. The van der Waals surface area contributed by atoms with Gasteiger partial charge in [0.25, 0.3) is 0 Å². The Hall–Kier alpha value is -1.37. The molecule has 0 radical (unpaired) electrons. The van der Waals surface area contributed by atoms with E-state index < -0.39 is 5.54 Å². The fourth-order valence-electron chi connectivity index (χ4n) is 2.80. The van der Waals surface area contributed by atoms with E-state index in [9.17, 15) is 4.79 Å². The number of piperazine rings is 1. The zero-order chi connectivity index (χ0) is 14.0. The Morgan fingerprint density at radius 3 is 2.75 bits per heavy atom. The number of nitrogens with zero attached hydrogens (tertiary/aromatic N) is 2. The summed E-state index contributed by atoms with van der Waals surface area (Å²) in [5, 5.41) is 0. The molecule has 0 saturated carbocycles. The van der Waals surface area contributed by atoms with Gasteiger partial charge in [0.2, 0.25) is 5.91 Å². The molecule has 1 atom stereocenters. The van der Waals surface area contributed by atoms with Crippen LogP contribution in [0.15, 0.2) is 22.8 Å². The van der Waals surface area contributed by atoms with Crippen LogP contribution in [0.1, 0.15) is 12.2 Å². The van der Waals surface area contributed by atoms with Crippen LogP contribution < -0.4 is 5.73 Å². The van der Waals surface area contributed by atoms with Gasteiger partial charge in [-0.3, -0.25) is 9.69 Å². The molecule has 20 heavy (non-hydrogen) atoms. The van der Waals surface area contributed by atoms with Gasteiger partial charge in [0, 0.05) is 32.8 Å². The third-order valence-electron chi connectivity index (χ3n) is 4.10. The molecule has 3 heterocycles. The van der Waals surface area contributed by atoms with Crippen molar-refractivity contribution in [1.82, 2.24) is 9.80 Å². The number of furan rings is 1. The molecule has 2 saturated heterocycles. The van der Waals surface area contributed by atoms with E-state index in [1.165, 1.54) is 0 Å². The zero-order valence-electron chi connectivity index (χ0n) is 11.6. The van der Waals surface area contributed by atoms with Crippen molar-refractivity contribution in [3.8, 4) is 0 Å². The lowest BCUT2D eigenvalue weighted by molar-refractivity contribution is -0.138. The molecule has 0 aromatic carbocycles. The lowest BCUT2D eigenvalue weighted by atomic mass is 9.98. The number of hydrogen-bond donors (Lipinski definition) is 1. The summed E-state index contributed by atoms with van der Waals surface area (Å²) in [6.45, 7) is 4.87. The highest BCUT2D eigenvalue weighted by atomic mass is 16.5.